The molecule has 0 aliphatic carbocycles. The van der Waals surface area contributed by atoms with E-state index in [0.29, 0.717) is 31.9 Å². The molecule has 1 aromatic carbocycles. The third-order valence-electron chi connectivity index (χ3n) is 8.83. The Morgan fingerprint density at radius 1 is 0.925 bits per heavy atom. The molecule has 5 atom stereocenters. The minimum Gasteiger partial charge on any atom is -0.497 e. The molecular weight excluding hydrogens is 526 g/mol. The van der Waals surface area contributed by atoms with Gasteiger partial charge in [0.25, 0.3) is 5.91 Å². The minimum atomic E-state index is -0.838. The third-order valence-corrected chi connectivity index (χ3v) is 10.6. The SMILES string of the molecule is CCCN1CC=C[C@]2(C)S[C@]34C=CCN(c5ccc(OC)cc5)C(=O)C3N(CCCCCCO)C(=O)[C@@H]4[C@@H]2C1=O. The van der Waals surface area contributed by atoms with Crippen LogP contribution in [0.3, 0.4) is 0 Å². The monoisotopic (exact) mass is 567 g/mol. The number of fused-ring (bicyclic) bond motifs is 2. The first-order chi connectivity index (χ1) is 19.3. The van der Waals surface area contributed by atoms with Crippen molar-refractivity contribution < 1.29 is 24.2 Å². The maximum absolute atomic E-state index is 14.5. The quantitative estimate of drug-likeness (QED) is 0.343. The number of aliphatic hydroxyl groups is 1. The van der Waals surface area contributed by atoms with E-state index in [1.54, 1.807) is 28.7 Å². The van der Waals surface area contributed by atoms with Gasteiger partial charge >= 0.3 is 0 Å². The summed E-state index contributed by atoms with van der Waals surface area (Å²) in [6.45, 7) is 6.31. The Labute approximate surface area is 241 Å². The van der Waals surface area contributed by atoms with Crippen LogP contribution in [-0.2, 0) is 14.4 Å². The summed E-state index contributed by atoms with van der Waals surface area (Å²) in [4.78, 5) is 48.4. The summed E-state index contributed by atoms with van der Waals surface area (Å²) in [6, 6.07) is 6.71. The van der Waals surface area contributed by atoms with Gasteiger partial charge in [-0.25, -0.2) is 0 Å². The predicted molar refractivity (Wildman–Crippen MR) is 157 cm³/mol. The molecule has 1 N–H and O–H groups in total. The van der Waals surface area contributed by atoms with Gasteiger partial charge in [-0.15, -0.1) is 11.8 Å². The van der Waals surface area contributed by atoms with Crippen LogP contribution in [0.1, 0.15) is 46.0 Å². The van der Waals surface area contributed by atoms with Crippen LogP contribution in [0.2, 0.25) is 0 Å². The number of benzene rings is 1. The fraction of sp³-hybridized carbons (Fsp3) is 0.581. The van der Waals surface area contributed by atoms with Crippen LogP contribution in [-0.4, -0.2) is 88.1 Å². The molecule has 0 bridgehead atoms. The van der Waals surface area contributed by atoms with Gasteiger partial charge in [0.05, 0.1) is 23.7 Å². The number of likely N-dealkylation sites (tertiary alicyclic amines) is 1. The van der Waals surface area contributed by atoms with Crippen molar-refractivity contribution in [2.75, 3.05) is 44.8 Å². The number of carbonyl (C=O) groups excluding carboxylic acids is 3. The van der Waals surface area contributed by atoms with Gasteiger partial charge in [0.15, 0.2) is 0 Å². The lowest BCUT2D eigenvalue weighted by Gasteiger charge is -2.37. The number of amides is 3. The second-order valence-corrected chi connectivity index (χ2v) is 13.2. The van der Waals surface area contributed by atoms with Gasteiger partial charge in [-0.2, -0.15) is 0 Å². The minimum absolute atomic E-state index is 0.0118. The highest BCUT2D eigenvalue weighted by Gasteiger charge is 2.73. The lowest BCUT2D eigenvalue weighted by molar-refractivity contribution is -0.143. The number of nitrogens with zero attached hydrogens (tertiary/aromatic N) is 3. The van der Waals surface area contributed by atoms with E-state index < -0.39 is 27.4 Å². The number of ether oxygens (including phenoxy) is 1. The van der Waals surface area contributed by atoms with E-state index >= 15 is 0 Å². The van der Waals surface area contributed by atoms with Crippen molar-refractivity contribution in [1.29, 1.82) is 0 Å². The number of methoxy groups -OCH3 is 1. The molecule has 1 unspecified atom stereocenters. The molecular formula is C31H41N3O5S. The Bertz CT molecular complexity index is 1190. The molecule has 4 aliphatic rings. The Morgan fingerprint density at radius 2 is 1.65 bits per heavy atom. The van der Waals surface area contributed by atoms with Crippen LogP contribution in [0, 0.1) is 11.8 Å². The van der Waals surface area contributed by atoms with Gasteiger partial charge in [0.1, 0.15) is 11.8 Å². The van der Waals surface area contributed by atoms with E-state index in [4.69, 9.17) is 4.74 Å². The van der Waals surface area contributed by atoms with Crippen LogP contribution < -0.4 is 9.64 Å². The molecule has 2 fully saturated rings. The number of hydrogen-bond acceptors (Lipinski definition) is 6. The summed E-state index contributed by atoms with van der Waals surface area (Å²) < 4.78 is 3.89. The first kappa shape index (κ1) is 28.7. The standard InChI is InChI=1S/C31H41N3O5S/c1-4-17-32-18-9-15-30(2)24(27(32)36)25-28(37)34(19-7-5-6-8-21-35)26-29(38)33(20-10-16-31(25,26)40-30)22-11-13-23(39-3)14-12-22/h9-16,24-26,35H,4-8,17-21H2,1-3H3/t24-,25+,26?,30+,31+/m1/s1. The molecule has 9 heteroatoms. The third kappa shape index (κ3) is 4.75. The molecule has 3 amide bonds. The smallest absolute Gasteiger partial charge is 0.251 e. The molecule has 1 spiro atoms. The van der Waals surface area contributed by atoms with Gasteiger partial charge in [-0.1, -0.05) is 44.1 Å². The highest BCUT2D eigenvalue weighted by Crippen LogP contribution is 2.65. The second-order valence-electron chi connectivity index (χ2n) is 11.4. The van der Waals surface area contributed by atoms with E-state index in [9.17, 15) is 19.5 Å². The van der Waals surface area contributed by atoms with Crippen molar-refractivity contribution in [3.63, 3.8) is 0 Å². The molecule has 0 radical (unpaired) electrons. The van der Waals surface area contributed by atoms with Crippen LogP contribution in [0.5, 0.6) is 5.75 Å². The molecule has 4 aliphatic heterocycles. The molecule has 5 rings (SSSR count). The Balaban J connectivity index is 1.55. The van der Waals surface area contributed by atoms with Crippen molar-refractivity contribution >= 4 is 35.2 Å². The van der Waals surface area contributed by atoms with Crippen LogP contribution in [0.25, 0.3) is 0 Å². The van der Waals surface area contributed by atoms with Crippen LogP contribution in [0.4, 0.5) is 5.69 Å². The van der Waals surface area contributed by atoms with E-state index in [1.165, 1.54) is 0 Å². The van der Waals surface area contributed by atoms with Gasteiger partial charge in [0, 0.05) is 43.2 Å². The number of carbonyl (C=O) groups is 3. The molecule has 1 aromatic rings. The Morgan fingerprint density at radius 3 is 2.35 bits per heavy atom. The summed E-state index contributed by atoms with van der Waals surface area (Å²) in [5.74, 6) is -0.644. The van der Waals surface area contributed by atoms with Crippen molar-refractivity contribution in [2.24, 2.45) is 11.8 Å². The van der Waals surface area contributed by atoms with Gasteiger partial charge in [0.2, 0.25) is 11.8 Å². The number of rotatable bonds is 10. The zero-order chi connectivity index (χ0) is 28.5. The Kier molecular flexibility index (Phi) is 8.34. The molecule has 8 nitrogen and oxygen atoms in total. The normalized spacial score (nSPS) is 31.2. The maximum Gasteiger partial charge on any atom is 0.251 e. The number of aliphatic hydroxyl groups excluding tert-OH is 1. The molecule has 4 heterocycles. The lowest BCUT2D eigenvalue weighted by atomic mass is 9.74. The molecule has 40 heavy (non-hydrogen) atoms. The van der Waals surface area contributed by atoms with Crippen LogP contribution >= 0.6 is 11.8 Å². The van der Waals surface area contributed by atoms with Gasteiger partial charge in [-0.3, -0.25) is 14.4 Å². The van der Waals surface area contributed by atoms with Crippen molar-refractivity contribution in [1.82, 2.24) is 9.80 Å². The van der Waals surface area contributed by atoms with E-state index in [1.807, 2.05) is 35.2 Å². The highest BCUT2D eigenvalue weighted by atomic mass is 32.2. The molecule has 216 valence electrons. The average Bonchev–Trinajstić information content (AvgIpc) is 3.21. The number of thioether (sulfide) groups is 1. The van der Waals surface area contributed by atoms with E-state index in [0.717, 1.165) is 37.8 Å². The van der Waals surface area contributed by atoms with Gasteiger partial charge in [-0.05, 0) is 50.5 Å². The van der Waals surface area contributed by atoms with E-state index in [2.05, 4.69) is 32.1 Å². The maximum atomic E-state index is 14.5. The second kappa shape index (κ2) is 11.6. The van der Waals surface area contributed by atoms with Crippen molar-refractivity contribution in [3.05, 3.63) is 48.6 Å². The average molecular weight is 568 g/mol. The predicted octanol–water partition coefficient (Wildman–Crippen LogP) is 3.65. The Hall–Kier alpha value is -2.78. The lowest BCUT2D eigenvalue weighted by Crippen LogP contribution is -2.53. The zero-order valence-electron chi connectivity index (χ0n) is 23.8. The van der Waals surface area contributed by atoms with Crippen molar-refractivity contribution in [3.8, 4) is 5.75 Å². The fourth-order valence-electron chi connectivity index (χ4n) is 7.02. The summed E-state index contributed by atoms with van der Waals surface area (Å²) in [6.07, 6.45) is 12.3. The number of unbranched alkanes of at least 4 members (excludes halogenated alkanes) is 3. The zero-order valence-corrected chi connectivity index (χ0v) is 24.6. The van der Waals surface area contributed by atoms with E-state index in [-0.39, 0.29) is 24.3 Å². The highest BCUT2D eigenvalue weighted by molar-refractivity contribution is 8.02. The summed E-state index contributed by atoms with van der Waals surface area (Å²) in [5, 5.41) is 9.19. The summed E-state index contributed by atoms with van der Waals surface area (Å²) in [5.41, 5.74) is 0.750. The van der Waals surface area contributed by atoms with Crippen LogP contribution in [0.15, 0.2) is 48.6 Å². The topological polar surface area (TPSA) is 90.4 Å². The summed E-state index contributed by atoms with van der Waals surface area (Å²) >= 11 is 1.63. The largest absolute Gasteiger partial charge is 0.497 e. The number of anilines is 1. The first-order valence-electron chi connectivity index (χ1n) is 14.5. The number of hydrogen-bond donors (Lipinski definition) is 1. The fourth-order valence-corrected chi connectivity index (χ4v) is 9.18. The molecule has 2 saturated heterocycles. The van der Waals surface area contributed by atoms with Gasteiger partial charge < -0.3 is 24.5 Å². The molecule has 0 aromatic heterocycles. The molecule has 0 saturated carbocycles. The first-order valence-corrected chi connectivity index (χ1v) is 15.3. The van der Waals surface area contributed by atoms with Crippen molar-refractivity contribution in [2.45, 2.75) is 61.5 Å². The summed E-state index contributed by atoms with van der Waals surface area (Å²) in [7, 11) is 1.61.